The maximum Gasteiger partial charge on any atom is 0.343 e. The van der Waals surface area contributed by atoms with Gasteiger partial charge in [0.1, 0.15) is 12.4 Å². The lowest BCUT2D eigenvalue weighted by Crippen LogP contribution is -2.44. The van der Waals surface area contributed by atoms with Gasteiger partial charge in [-0.05, 0) is 68.2 Å². The lowest BCUT2D eigenvalue weighted by Gasteiger charge is -2.31. The molecule has 1 aromatic carbocycles. The summed E-state index contributed by atoms with van der Waals surface area (Å²) in [5.41, 5.74) is 2.37. The Labute approximate surface area is 229 Å². The van der Waals surface area contributed by atoms with Crippen LogP contribution in [-0.4, -0.2) is 37.7 Å². The van der Waals surface area contributed by atoms with Gasteiger partial charge in [-0.3, -0.25) is 9.59 Å². The molecular formula is C30H30FN3O6. The van der Waals surface area contributed by atoms with Crippen LogP contribution >= 0.6 is 0 Å². The molecule has 2 aliphatic carbocycles. The number of esters is 1. The van der Waals surface area contributed by atoms with E-state index >= 15 is 4.39 Å². The number of aromatic nitrogens is 2. The van der Waals surface area contributed by atoms with Gasteiger partial charge in [0, 0.05) is 22.6 Å². The van der Waals surface area contributed by atoms with E-state index in [0.29, 0.717) is 48.2 Å². The number of carbonyl (C=O) groups excluding carboxylic acids is 2. The summed E-state index contributed by atoms with van der Waals surface area (Å²) in [6.45, 7) is 3.34. The first-order valence-electron chi connectivity index (χ1n) is 13.9. The van der Waals surface area contributed by atoms with Gasteiger partial charge < -0.3 is 24.8 Å². The fraction of sp³-hybridized carbons (Fsp3) is 0.467. The molecule has 2 unspecified atom stereocenters. The lowest BCUT2D eigenvalue weighted by atomic mass is 9.81. The van der Waals surface area contributed by atoms with E-state index in [9.17, 15) is 24.6 Å². The number of halogens is 1. The van der Waals surface area contributed by atoms with Crippen LogP contribution < -0.4 is 10.9 Å². The average Bonchev–Trinajstić information content (AvgIpc) is 3.53. The van der Waals surface area contributed by atoms with Crippen molar-refractivity contribution in [3.05, 3.63) is 61.7 Å². The first-order chi connectivity index (χ1) is 19.1. The summed E-state index contributed by atoms with van der Waals surface area (Å²) in [5.74, 6) is -1.85. The number of pyridine rings is 2. The highest BCUT2D eigenvalue weighted by atomic mass is 19.1. The van der Waals surface area contributed by atoms with Crippen LogP contribution in [-0.2, 0) is 39.5 Å². The predicted octanol–water partition coefficient (Wildman–Crippen LogP) is 2.79. The van der Waals surface area contributed by atoms with Crippen molar-refractivity contribution in [1.82, 2.24) is 14.9 Å². The van der Waals surface area contributed by atoms with Crippen LogP contribution in [0.25, 0.3) is 22.3 Å². The zero-order valence-corrected chi connectivity index (χ0v) is 22.3. The number of rotatable bonds is 3. The summed E-state index contributed by atoms with van der Waals surface area (Å²) < 4.78 is 21.8. The molecule has 4 atom stereocenters. The van der Waals surface area contributed by atoms with Crippen LogP contribution in [0.1, 0.15) is 78.5 Å². The van der Waals surface area contributed by atoms with Crippen molar-refractivity contribution in [1.29, 1.82) is 0 Å². The molecule has 0 radical (unpaired) electrons. The fourth-order valence-corrected chi connectivity index (χ4v) is 7.22. The van der Waals surface area contributed by atoms with Crippen molar-refractivity contribution >= 4 is 22.8 Å². The molecule has 3 aromatic rings. The number of carbonyl (C=O) groups is 2. The molecule has 10 heteroatoms. The van der Waals surface area contributed by atoms with Gasteiger partial charge in [0.2, 0.25) is 5.91 Å². The number of nitrogens with zero attached hydrogens (tertiary/aromatic N) is 2. The monoisotopic (exact) mass is 547 g/mol. The van der Waals surface area contributed by atoms with Crippen molar-refractivity contribution in [3.8, 4) is 11.4 Å². The maximum atomic E-state index is 15.1. The zero-order valence-electron chi connectivity index (χ0n) is 22.3. The second-order valence-corrected chi connectivity index (χ2v) is 11.5. The predicted molar refractivity (Wildman–Crippen MR) is 142 cm³/mol. The zero-order chi connectivity index (χ0) is 28.1. The molecule has 7 rings (SSSR count). The van der Waals surface area contributed by atoms with Gasteiger partial charge in [0.25, 0.3) is 5.56 Å². The second kappa shape index (κ2) is 8.68. The molecule has 2 aliphatic heterocycles. The molecule has 40 heavy (non-hydrogen) atoms. The van der Waals surface area contributed by atoms with E-state index in [0.717, 1.165) is 28.5 Å². The number of cyclic esters (lactones) is 1. The highest BCUT2D eigenvalue weighted by Crippen LogP contribution is 2.46. The van der Waals surface area contributed by atoms with Crippen LogP contribution in [0.3, 0.4) is 0 Å². The fourth-order valence-electron chi connectivity index (χ4n) is 7.22. The molecule has 2 aromatic heterocycles. The third-order valence-electron chi connectivity index (χ3n) is 9.51. The SMILES string of the molecule is CC[C@@]1(O)C(=O)OCc2c1cc1n(c2=O)Cc2c-1nc1cc(F)c(C)c3c1c2[C@@H](NC(=O)C1CCCC1O)CC3. The Morgan fingerprint density at radius 3 is 2.75 bits per heavy atom. The van der Waals surface area contributed by atoms with Crippen LogP contribution in [0.4, 0.5) is 4.39 Å². The van der Waals surface area contributed by atoms with E-state index in [1.54, 1.807) is 24.5 Å². The van der Waals surface area contributed by atoms with Gasteiger partial charge in [-0.2, -0.15) is 0 Å². The van der Waals surface area contributed by atoms with Crippen LogP contribution in [0.2, 0.25) is 0 Å². The summed E-state index contributed by atoms with van der Waals surface area (Å²) in [6.07, 6.45) is 2.45. The molecule has 0 spiro atoms. The smallest absolute Gasteiger partial charge is 0.343 e. The van der Waals surface area contributed by atoms with Crippen molar-refractivity contribution < 1.29 is 28.9 Å². The molecule has 0 bridgehead atoms. The second-order valence-electron chi connectivity index (χ2n) is 11.5. The van der Waals surface area contributed by atoms with Gasteiger partial charge >= 0.3 is 5.97 Å². The minimum atomic E-state index is -1.95. The van der Waals surface area contributed by atoms with E-state index in [-0.39, 0.29) is 48.0 Å². The Balaban J connectivity index is 1.45. The average molecular weight is 548 g/mol. The van der Waals surface area contributed by atoms with Crippen LogP contribution in [0, 0.1) is 18.7 Å². The summed E-state index contributed by atoms with van der Waals surface area (Å²) in [5, 5.41) is 25.5. The van der Waals surface area contributed by atoms with Crippen LogP contribution in [0.5, 0.6) is 0 Å². The first kappa shape index (κ1) is 25.3. The highest BCUT2D eigenvalue weighted by Gasteiger charge is 2.46. The van der Waals surface area contributed by atoms with Gasteiger partial charge in [-0.1, -0.05) is 6.92 Å². The van der Waals surface area contributed by atoms with E-state index in [1.807, 2.05) is 0 Å². The molecule has 1 amide bonds. The number of benzene rings is 1. The summed E-state index contributed by atoms with van der Waals surface area (Å²) in [7, 11) is 0. The first-order valence-corrected chi connectivity index (χ1v) is 13.9. The molecule has 1 fully saturated rings. The number of aryl methyl sites for hydroxylation is 1. The summed E-state index contributed by atoms with van der Waals surface area (Å²) in [4.78, 5) is 44.4. The number of ether oxygens (including phenoxy) is 1. The van der Waals surface area contributed by atoms with Gasteiger partial charge in [-0.15, -0.1) is 0 Å². The quantitative estimate of drug-likeness (QED) is 0.336. The van der Waals surface area contributed by atoms with Crippen LogP contribution in [0.15, 0.2) is 16.9 Å². The van der Waals surface area contributed by atoms with E-state index in [4.69, 9.17) is 9.72 Å². The van der Waals surface area contributed by atoms with Crippen molar-refractivity contribution in [2.75, 3.05) is 0 Å². The number of nitrogens with one attached hydrogen (secondary N) is 1. The number of hydrogen-bond donors (Lipinski definition) is 3. The van der Waals surface area contributed by atoms with Gasteiger partial charge in [0.05, 0.1) is 47.1 Å². The molecule has 4 heterocycles. The summed E-state index contributed by atoms with van der Waals surface area (Å²) >= 11 is 0. The largest absolute Gasteiger partial charge is 0.458 e. The Morgan fingerprint density at radius 1 is 1.23 bits per heavy atom. The maximum absolute atomic E-state index is 15.1. The van der Waals surface area contributed by atoms with Gasteiger partial charge in [-0.25, -0.2) is 14.2 Å². The molecule has 9 nitrogen and oxygen atoms in total. The van der Waals surface area contributed by atoms with Crippen molar-refractivity contribution in [2.45, 2.75) is 83.3 Å². The topological polar surface area (TPSA) is 131 Å². The Kier molecular flexibility index (Phi) is 5.50. The van der Waals surface area contributed by atoms with Crippen molar-refractivity contribution in [2.24, 2.45) is 5.92 Å². The highest BCUT2D eigenvalue weighted by molar-refractivity contribution is 5.94. The third-order valence-corrected chi connectivity index (χ3v) is 9.51. The summed E-state index contributed by atoms with van der Waals surface area (Å²) in [6, 6.07) is 2.62. The number of amides is 1. The Morgan fingerprint density at radius 2 is 2.02 bits per heavy atom. The molecule has 1 saturated carbocycles. The number of aliphatic hydroxyl groups is 2. The number of fused-ring (bicyclic) bond motifs is 5. The lowest BCUT2D eigenvalue weighted by molar-refractivity contribution is -0.172. The third kappa shape index (κ3) is 3.32. The molecule has 4 aliphatic rings. The molecule has 3 N–H and O–H groups in total. The van der Waals surface area contributed by atoms with E-state index in [1.165, 1.54) is 6.07 Å². The van der Waals surface area contributed by atoms with Gasteiger partial charge in [0.15, 0.2) is 5.60 Å². The Hall–Kier alpha value is -3.63. The molecule has 208 valence electrons. The van der Waals surface area contributed by atoms with E-state index < -0.39 is 29.6 Å². The normalized spacial score (nSPS) is 26.3. The number of hydrogen-bond acceptors (Lipinski definition) is 7. The molecular weight excluding hydrogens is 517 g/mol. The molecule has 0 saturated heterocycles. The number of aliphatic hydroxyl groups excluding tert-OH is 1. The minimum absolute atomic E-state index is 0.0277. The Bertz CT molecular complexity index is 1710. The minimum Gasteiger partial charge on any atom is -0.458 e. The standard InChI is InChI=1S/C30H30FN3O6/c1-3-30(39)18-9-22-26-16(11-34(22)28(37)17(18)12-40-29(30)38)25-20(33-27(36)15-5-4-6-23(15)35)8-7-14-13(2)19(31)10-21(32-26)24(14)25/h9-10,15,20,23,35,39H,3-8,11-12H2,1-2H3,(H,33,36)/t15?,20-,23?,30-/m0/s1. The van der Waals surface area contributed by atoms with E-state index in [2.05, 4.69) is 5.32 Å². The van der Waals surface area contributed by atoms with Crippen molar-refractivity contribution in [3.63, 3.8) is 0 Å².